The second-order valence-corrected chi connectivity index (χ2v) is 8.71. The predicted molar refractivity (Wildman–Crippen MR) is 123 cm³/mol. The molecule has 0 atom stereocenters. The van der Waals surface area contributed by atoms with Crippen LogP contribution in [0.5, 0.6) is 11.5 Å². The summed E-state index contributed by atoms with van der Waals surface area (Å²) in [6.45, 7) is 0. The molecule has 33 heavy (non-hydrogen) atoms. The molecular weight excluding hydrogens is 472 g/mol. The van der Waals surface area contributed by atoms with Crippen molar-refractivity contribution in [3.05, 3.63) is 76.8 Å². The Hall–Kier alpha value is -3.76. The first-order valence-corrected chi connectivity index (χ1v) is 11.2. The molecule has 0 bridgehead atoms. The van der Waals surface area contributed by atoms with E-state index in [9.17, 15) is 18.0 Å². The Morgan fingerprint density at radius 3 is 2.18 bits per heavy atom. The van der Waals surface area contributed by atoms with Gasteiger partial charge in [0, 0.05) is 17.3 Å². The Kier molecular flexibility index (Phi) is 7.10. The number of ether oxygens (including phenoxy) is 2. The zero-order valence-corrected chi connectivity index (χ0v) is 19.0. The molecule has 3 rings (SSSR count). The highest BCUT2D eigenvalue weighted by atomic mass is 35.5. The fraction of sp³-hybridized carbons (Fsp3) is 0.0909. The Morgan fingerprint density at radius 1 is 0.909 bits per heavy atom. The summed E-state index contributed by atoms with van der Waals surface area (Å²) in [5.74, 6) is -1.23. The second kappa shape index (κ2) is 9.80. The Balaban J connectivity index is 1.87. The van der Waals surface area contributed by atoms with Gasteiger partial charge in [0.05, 0.1) is 30.5 Å². The lowest BCUT2D eigenvalue weighted by Crippen LogP contribution is -2.16. The third-order valence-electron chi connectivity index (χ3n) is 4.52. The van der Waals surface area contributed by atoms with Gasteiger partial charge >= 0.3 is 5.97 Å². The van der Waals surface area contributed by atoms with Gasteiger partial charge in [-0.25, -0.2) is 13.2 Å². The topological polar surface area (TPSA) is 131 Å². The third kappa shape index (κ3) is 5.54. The number of sulfonamides is 1. The maximum Gasteiger partial charge on any atom is 0.335 e. The maximum atomic E-state index is 13.0. The lowest BCUT2D eigenvalue weighted by Gasteiger charge is -2.14. The van der Waals surface area contributed by atoms with Crippen LogP contribution >= 0.6 is 11.6 Å². The molecule has 1 amide bonds. The number of nitrogens with one attached hydrogen (secondary N) is 2. The van der Waals surface area contributed by atoms with Crippen molar-refractivity contribution in [2.24, 2.45) is 0 Å². The fourth-order valence-electron chi connectivity index (χ4n) is 2.84. The number of anilines is 2. The number of hydrogen-bond acceptors (Lipinski definition) is 6. The van der Waals surface area contributed by atoms with Gasteiger partial charge in [0.15, 0.2) is 0 Å². The van der Waals surface area contributed by atoms with Crippen molar-refractivity contribution >= 4 is 44.9 Å². The number of hydrogen-bond donors (Lipinski definition) is 3. The van der Waals surface area contributed by atoms with Gasteiger partial charge < -0.3 is 19.9 Å². The summed E-state index contributed by atoms with van der Waals surface area (Å²) in [4.78, 5) is 23.4. The average Bonchev–Trinajstić information content (AvgIpc) is 2.80. The quantitative estimate of drug-likeness (QED) is 0.433. The molecule has 0 aliphatic carbocycles. The lowest BCUT2D eigenvalue weighted by molar-refractivity contribution is 0.0696. The van der Waals surface area contributed by atoms with Crippen LogP contribution in [-0.2, 0) is 10.0 Å². The number of rotatable bonds is 8. The molecule has 3 N–H and O–H groups in total. The normalized spacial score (nSPS) is 10.9. The number of carbonyl (C=O) groups is 2. The van der Waals surface area contributed by atoms with E-state index in [1.165, 1.54) is 68.8 Å². The first-order chi connectivity index (χ1) is 15.6. The molecule has 0 heterocycles. The van der Waals surface area contributed by atoms with Crippen LogP contribution in [0.4, 0.5) is 11.4 Å². The summed E-state index contributed by atoms with van der Waals surface area (Å²) in [6.07, 6.45) is 0. The molecule has 0 aliphatic rings. The highest BCUT2D eigenvalue weighted by Crippen LogP contribution is 2.32. The van der Waals surface area contributed by atoms with Crippen molar-refractivity contribution in [2.45, 2.75) is 4.90 Å². The van der Waals surface area contributed by atoms with Crippen LogP contribution in [0.2, 0.25) is 5.02 Å². The van der Waals surface area contributed by atoms with Crippen molar-refractivity contribution in [2.75, 3.05) is 24.3 Å². The molecule has 0 fully saturated rings. The monoisotopic (exact) mass is 490 g/mol. The van der Waals surface area contributed by atoms with E-state index in [0.29, 0.717) is 11.4 Å². The smallest absolute Gasteiger partial charge is 0.335 e. The van der Waals surface area contributed by atoms with E-state index < -0.39 is 21.9 Å². The van der Waals surface area contributed by atoms with E-state index in [1.807, 2.05) is 0 Å². The minimum Gasteiger partial charge on any atom is -0.497 e. The van der Waals surface area contributed by atoms with Gasteiger partial charge in [0.2, 0.25) is 0 Å². The largest absolute Gasteiger partial charge is 0.497 e. The van der Waals surface area contributed by atoms with Gasteiger partial charge in [0.1, 0.15) is 16.4 Å². The van der Waals surface area contributed by atoms with E-state index >= 15 is 0 Å². The molecule has 11 heteroatoms. The number of benzene rings is 3. The molecule has 9 nitrogen and oxygen atoms in total. The van der Waals surface area contributed by atoms with E-state index in [0.717, 1.165) is 0 Å². The van der Waals surface area contributed by atoms with Crippen molar-refractivity contribution in [3.8, 4) is 11.5 Å². The van der Waals surface area contributed by atoms with Gasteiger partial charge in [-0.1, -0.05) is 11.6 Å². The summed E-state index contributed by atoms with van der Waals surface area (Å²) in [5, 5.41) is 11.6. The van der Waals surface area contributed by atoms with Crippen molar-refractivity contribution < 1.29 is 32.6 Å². The van der Waals surface area contributed by atoms with Gasteiger partial charge in [-0.05, 0) is 54.6 Å². The molecule has 0 saturated heterocycles. The molecule has 172 valence electrons. The highest BCUT2D eigenvalue weighted by molar-refractivity contribution is 7.92. The lowest BCUT2D eigenvalue weighted by atomic mass is 10.1. The highest BCUT2D eigenvalue weighted by Gasteiger charge is 2.22. The minimum atomic E-state index is -4.15. The van der Waals surface area contributed by atoms with Crippen LogP contribution in [0.1, 0.15) is 20.7 Å². The first-order valence-electron chi connectivity index (χ1n) is 9.33. The number of carbonyl (C=O) groups excluding carboxylic acids is 1. The molecule has 0 unspecified atom stereocenters. The molecule has 3 aromatic carbocycles. The molecule has 3 aromatic rings. The van der Waals surface area contributed by atoms with E-state index in [1.54, 1.807) is 6.07 Å². The molecule has 0 saturated carbocycles. The van der Waals surface area contributed by atoms with Crippen molar-refractivity contribution in [1.82, 2.24) is 0 Å². The molecule has 0 radical (unpaired) electrons. The summed E-state index contributed by atoms with van der Waals surface area (Å²) < 4.78 is 38.6. The summed E-state index contributed by atoms with van der Waals surface area (Å²) in [5.41, 5.74) is 0.541. The first kappa shape index (κ1) is 23.9. The zero-order chi connectivity index (χ0) is 24.2. The molecular formula is C22H19ClN2O7S. The van der Waals surface area contributed by atoms with Gasteiger partial charge in [-0.2, -0.15) is 0 Å². The number of amides is 1. The number of carboxylic acids is 1. The third-order valence-corrected chi connectivity index (χ3v) is 6.24. The van der Waals surface area contributed by atoms with Crippen LogP contribution in [0.3, 0.4) is 0 Å². The maximum absolute atomic E-state index is 13.0. The number of methoxy groups -OCH3 is 2. The summed E-state index contributed by atoms with van der Waals surface area (Å²) in [7, 11) is -1.41. The van der Waals surface area contributed by atoms with Crippen LogP contribution in [0, 0.1) is 0 Å². The molecule has 0 aliphatic heterocycles. The zero-order valence-electron chi connectivity index (χ0n) is 17.5. The van der Waals surface area contributed by atoms with Crippen LogP contribution in [-0.4, -0.2) is 39.6 Å². The van der Waals surface area contributed by atoms with E-state index in [2.05, 4.69) is 10.0 Å². The second-order valence-electron chi connectivity index (χ2n) is 6.65. The summed E-state index contributed by atoms with van der Waals surface area (Å²) in [6, 6.07) is 14.0. The van der Waals surface area contributed by atoms with Crippen molar-refractivity contribution in [1.29, 1.82) is 0 Å². The summed E-state index contributed by atoms with van der Waals surface area (Å²) >= 11 is 6.16. The van der Waals surface area contributed by atoms with E-state index in [4.69, 9.17) is 26.2 Å². The van der Waals surface area contributed by atoms with Crippen LogP contribution in [0.15, 0.2) is 65.6 Å². The van der Waals surface area contributed by atoms with Gasteiger partial charge in [-0.15, -0.1) is 0 Å². The van der Waals surface area contributed by atoms with Crippen LogP contribution in [0.25, 0.3) is 0 Å². The Bertz CT molecular complexity index is 1310. The fourth-order valence-corrected chi connectivity index (χ4v) is 4.31. The minimum absolute atomic E-state index is 0.0181. The number of halogens is 1. The molecule has 0 aromatic heterocycles. The Labute approximate surface area is 195 Å². The molecule has 0 spiro atoms. The van der Waals surface area contributed by atoms with Gasteiger partial charge in [0.25, 0.3) is 15.9 Å². The average molecular weight is 491 g/mol. The standard InChI is InChI=1S/C22H19ClN2O7S/c1-31-16-8-10-19(32-2)20(12-16)33(29,30)25-18-11-14(5-9-17(18)23)21(26)24-15-6-3-13(4-7-15)22(27)28/h3-12,25H,1-2H3,(H,24,26)(H,27,28). The van der Waals surface area contributed by atoms with Crippen LogP contribution < -0.4 is 19.5 Å². The SMILES string of the molecule is COc1ccc(OC)c(S(=O)(=O)Nc2cc(C(=O)Nc3ccc(C(=O)O)cc3)ccc2Cl)c1. The predicted octanol–water partition coefficient (Wildman–Crippen LogP) is 4.11. The number of aromatic carboxylic acids is 1. The van der Waals surface area contributed by atoms with Crippen molar-refractivity contribution in [3.63, 3.8) is 0 Å². The van der Waals surface area contributed by atoms with Gasteiger partial charge in [-0.3, -0.25) is 9.52 Å². The Morgan fingerprint density at radius 2 is 1.58 bits per heavy atom. The van der Waals surface area contributed by atoms with E-state index in [-0.39, 0.29) is 32.5 Å². The number of carboxylic acid groups (broad SMARTS) is 1.